The van der Waals surface area contributed by atoms with Crippen LogP contribution in [0.1, 0.15) is 5.56 Å². The highest BCUT2D eigenvalue weighted by atomic mass is 32.2. The fourth-order valence-corrected chi connectivity index (χ4v) is 3.20. The Balaban J connectivity index is 2.26. The van der Waals surface area contributed by atoms with Gasteiger partial charge in [-0.05, 0) is 24.3 Å². The van der Waals surface area contributed by atoms with Crippen LogP contribution in [0.25, 0.3) is 0 Å². The van der Waals surface area contributed by atoms with E-state index in [0.29, 0.717) is 5.56 Å². The lowest BCUT2D eigenvalue weighted by atomic mass is 10.2. The average molecular weight is 277 g/mol. The maximum absolute atomic E-state index is 12.3. The molecule has 1 aliphatic heterocycles. The van der Waals surface area contributed by atoms with Gasteiger partial charge in [0.25, 0.3) is 0 Å². The van der Waals surface area contributed by atoms with Crippen LogP contribution in [0, 0.1) is 22.7 Å². The molecule has 1 aromatic rings. The number of hydrogen-bond donors (Lipinski definition) is 0. The highest BCUT2D eigenvalue weighted by molar-refractivity contribution is 7.89. The van der Waals surface area contributed by atoms with Crippen LogP contribution in [-0.2, 0) is 14.8 Å². The molecule has 1 saturated heterocycles. The second-order valence-electron chi connectivity index (χ2n) is 3.99. The van der Waals surface area contributed by atoms with Crippen molar-refractivity contribution in [2.45, 2.75) is 11.0 Å². The lowest BCUT2D eigenvalue weighted by Gasteiger charge is -2.28. The Bertz CT molecular complexity index is 640. The Morgan fingerprint density at radius 1 is 1.26 bits per heavy atom. The summed E-state index contributed by atoms with van der Waals surface area (Å²) in [4.78, 5) is 0.116. The minimum atomic E-state index is -3.64. The summed E-state index contributed by atoms with van der Waals surface area (Å²) in [5, 5.41) is 17.5. The molecule has 0 N–H and O–H groups in total. The van der Waals surface area contributed by atoms with Gasteiger partial charge < -0.3 is 4.74 Å². The van der Waals surface area contributed by atoms with E-state index < -0.39 is 16.1 Å². The Morgan fingerprint density at radius 2 is 1.95 bits per heavy atom. The van der Waals surface area contributed by atoms with Crippen LogP contribution in [0.15, 0.2) is 29.2 Å². The van der Waals surface area contributed by atoms with Crippen molar-refractivity contribution in [3.63, 3.8) is 0 Å². The first-order chi connectivity index (χ1) is 9.07. The molecule has 0 spiro atoms. The molecule has 0 saturated carbocycles. The molecule has 0 aliphatic carbocycles. The Labute approximate surface area is 111 Å². The van der Waals surface area contributed by atoms with Crippen molar-refractivity contribution >= 4 is 10.0 Å². The number of nitrogens with zero attached hydrogens (tertiary/aromatic N) is 3. The lowest BCUT2D eigenvalue weighted by Crippen LogP contribution is -2.44. The van der Waals surface area contributed by atoms with Crippen molar-refractivity contribution in [2.24, 2.45) is 0 Å². The van der Waals surface area contributed by atoms with Gasteiger partial charge in [0.15, 0.2) is 6.10 Å². The van der Waals surface area contributed by atoms with Gasteiger partial charge in [-0.25, -0.2) is 8.42 Å². The van der Waals surface area contributed by atoms with Gasteiger partial charge in [-0.15, -0.1) is 0 Å². The average Bonchev–Trinajstić information content (AvgIpc) is 2.47. The molecule has 7 heteroatoms. The second-order valence-corrected chi connectivity index (χ2v) is 5.93. The van der Waals surface area contributed by atoms with Crippen molar-refractivity contribution in [3.8, 4) is 12.1 Å². The van der Waals surface area contributed by atoms with Crippen molar-refractivity contribution in [1.82, 2.24) is 4.31 Å². The molecule has 98 valence electrons. The van der Waals surface area contributed by atoms with E-state index in [1.54, 1.807) is 0 Å². The highest BCUT2D eigenvalue weighted by Crippen LogP contribution is 2.19. The lowest BCUT2D eigenvalue weighted by molar-refractivity contribution is 0.0311. The molecule has 19 heavy (non-hydrogen) atoms. The van der Waals surface area contributed by atoms with Gasteiger partial charge in [0.1, 0.15) is 0 Å². The molecule has 1 heterocycles. The van der Waals surface area contributed by atoms with E-state index >= 15 is 0 Å². The fourth-order valence-electron chi connectivity index (χ4n) is 1.77. The fraction of sp³-hybridized carbons (Fsp3) is 0.333. The molecule has 0 aromatic heterocycles. The monoisotopic (exact) mass is 277 g/mol. The zero-order chi connectivity index (χ0) is 13.9. The molecule has 6 nitrogen and oxygen atoms in total. The summed E-state index contributed by atoms with van der Waals surface area (Å²) in [6, 6.07) is 9.53. The molecule has 1 aliphatic rings. The summed E-state index contributed by atoms with van der Waals surface area (Å²) in [6.07, 6.45) is -0.734. The van der Waals surface area contributed by atoms with Gasteiger partial charge in [-0.1, -0.05) is 0 Å². The maximum atomic E-state index is 12.3. The molecular formula is C12H11N3O3S. The van der Waals surface area contributed by atoms with Crippen LogP contribution in [0.2, 0.25) is 0 Å². The summed E-state index contributed by atoms with van der Waals surface area (Å²) in [5.41, 5.74) is 0.399. The number of rotatable bonds is 2. The molecule has 1 unspecified atom stereocenters. The third-order valence-corrected chi connectivity index (χ3v) is 4.67. The largest absolute Gasteiger partial charge is 0.361 e. The standard InChI is InChI=1S/C12H11N3O3S/c13-7-10-1-3-12(4-2-10)19(16,17)15-5-6-18-11(8-14)9-15/h1-4,11H,5-6,9H2. The zero-order valence-corrected chi connectivity index (χ0v) is 10.8. The zero-order valence-electron chi connectivity index (χ0n) is 9.98. The summed E-state index contributed by atoms with van der Waals surface area (Å²) >= 11 is 0. The van der Waals surface area contributed by atoms with E-state index in [1.165, 1.54) is 28.6 Å². The topological polar surface area (TPSA) is 94.2 Å². The minimum Gasteiger partial charge on any atom is -0.361 e. The number of benzene rings is 1. The maximum Gasteiger partial charge on any atom is 0.243 e. The summed E-state index contributed by atoms with van der Waals surface area (Å²) < 4.78 is 31.0. The minimum absolute atomic E-state index is 0.0266. The number of hydrogen-bond acceptors (Lipinski definition) is 5. The molecule has 1 atom stereocenters. The second kappa shape index (κ2) is 5.37. The number of ether oxygens (including phenoxy) is 1. The van der Waals surface area contributed by atoms with Crippen molar-refractivity contribution < 1.29 is 13.2 Å². The van der Waals surface area contributed by atoms with E-state index in [4.69, 9.17) is 15.3 Å². The van der Waals surface area contributed by atoms with Crippen molar-refractivity contribution in [3.05, 3.63) is 29.8 Å². The third-order valence-electron chi connectivity index (χ3n) is 2.79. The number of nitriles is 2. The first-order valence-electron chi connectivity index (χ1n) is 5.59. The summed E-state index contributed by atoms with van der Waals surface area (Å²) in [5.74, 6) is 0. The van der Waals surface area contributed by atoms with E-state index in [-0.39, 0.29) is 24.6 Å². The van der Waals surface area contributed by atoms with Crippen LogP contribution < -0.4 is 0 Å². The van der Waals surface area contributed by atoms with E-state index in [9.17, 15) is 8.42 Å². The Hall–Kier alpha value is -1.93. The Kier molecular flexibility index (Phi) is 3.82. The third kappa shape index (κ3) is 2.74. The van der Waals surface area contributed by atoms with Gasteiger partial charge in [-0.2, -0.15) is 14.8 Å². The first-order valence-corrected chi connectivity index (χ1v) is 7.03. The summed E-state index contributed by atoms with van der Waals surface area (Å²) in [7, 11) is -3.64. The van der Waals surface area contributed by atoms with Gasteiger partial charge in [0.05, 0.1) is 35.7 Å². The van der Waals surface area contributed by atoms with Gasteiger partial charge >= 0.3 is 0 Å². The van der Waals surface area contributed by atoms with Gasteiger partial charge in [0.2, 0.25) is 10.0 Å². The molecule has 1 fully saturated rings. The predicted molar refractivity (Wildman–Crippen MR) is 65.3 cm³/mol. The molecular weight excluding hydrogens is 266 g/mol. The normalized spacial score (nSPS) is 20.4. The molecule has 1 aromatic carbocycles. The van der Waals surface area contributed by atoms with Crippen molar-refractivity contribution in [2.75, 3.05) is 19.7 Å². The number of sulfonamides is 1. The van der Waals surface area contributed by atoms with Gasteiger partial charge in [-0.3, -0.25) is 0 Å². The van der Waals surface area contributed by atoms with Crippen molar-refractivity contribution in [1.29, 1.82) is 10.5 Å². The first kappa shape index (κ1) is 13.5. The van der Waals surface area contributed by atoms with Crippen LogP contribution in [0.4, 0.5) is 0 Å². The van der Waals surface area contributed by atoms with Crippen LogP contribution >= 0.6 is 0 Å². The molecule has 0 radical (unpaired) electrons. The highest BCUT2D eigenvalue weighted by Gasteiger charge is 2.30. The van der Waals surface area contributed by atoms with Crippen LogP contribution in [0.5, 0.6) is 0 Å². The van der Waals surface area contributed by atoms with E-state index in [1.807, 2.05) is 12.1 Å². The molecule has 2 rings (SSSR count). The van der Waals surface area contributed by atoms with Gasteiger partial charge in [0, 0.05) is 6.54 Å². The molecule has 0 amide bonds. The smallest absolute Gasteiger partial charge is 0.243 e. The van der Waals surface area contributed by atoms with E-state index in [0.717, 1.165) is 0 Å². The van der Waals surface area contributed by atoms with E-state index in [2.05, 4.69) is 0 Å². The van der Waals surface area contributed by atoms with Crippen LogP contribution in [-0.4, -0.2) is 38.5 Å². The summed E-state index contributed by atoms with van der Waals surface area (Å²) in [6.45, 7) is 0.451. The quantitative estimate of drug-likeness (QED) is 0.783. The number of morpholine rings is 1. The van der Waals surface area contributed by atoms with Crippen LogP contribution in [0.3, 0.4) is 0 Å². The Morgan fingerprint density at radius 3 is 2.53 bits per heavy atom. The molecule has 0 bridgehead atoms. The predicted octanol–water partition coefficient (Wildman–Crippen LogP) is 0.471. The SMILES string of the molecule is N#Cc1ccc(S(=O)(=O)N2CCOC(C#N)C2)cc1.